The van der Waals surface area contributed by atoms with Crippen molar-refractivity contribution in [1.29, 1.82) is 0 Å². The van der Waals surface area contributed by atoms with Crippen molar-refractivity contribution in [3.05, 3.63) is 68.2 Å². The summed E-state index contributed by atoms with van der Waals surface area (Å²) in [6.07, 6.45) is 5.18. The number of hydrogen-bond donors (Lipinski definition) is 3. The molecule has 7 heteroatoms. The lowest BCUT2D eigenvalue weighted by molar-refractivity contribution is -0.118. The Morgan fingerprint density at radius 2 is 2.07 bits per heavy atom. The highest BCUT2D eigenvalue weighted by molar-refractivity contribution is 7.11. The second-order valence-electron chi connectivity index (χ2n) is 6.70. The number of carbonyl (C=O) groups excluding carboxylic acids is 1. The van der Waals surface area contributed by atoms with Crippen LogP contribution in [-0.2, 0) is 11.4 Å². The van der Waals surface area contributed by atoms with Gasteiger partial charge in [0.1, 0.15) is 5.01 Å². The van der Waals surface area contributed by atoms with Crippen LogP contribution in [0.3, 0.4) is 0 Å². The molecule has 1 aliphatic carbocycles. The summed E-state index contributed by atoms with van der Waals surface area (Å²) in [6, 6.07) is 7.45. The van der Waals surface area contributed by atoms with Gasteiger partial charge in [-0.1, -0.05) is 35.9 Å². The van der Waals surface area contributed by atoms with Crippen LogP contribution < -0.4 is 10.6 Å². The average molecular weight is 418 g/mol. The Kier molecular flexibility index (Phi) is 7.02. The molecular weight excluding hydrogens is 394 g/mol. The fourth-order valence-corrected chi connectivity index (χ4v) is 4.22. The Morgan fingerprint density at radius 1 is 1.32 bits per heavy atom. The normalized spacial score (nSPS) is 14.6. The van der Waals surface area contributed by atoms with Gasteiger partial charge in [0.2, 0.25) is 5.91 Å². The van der Waals surface area contributed by atoms with E-state index in [2.05, 4.69) is 15.6 Å². The number of benzene rings is 1. The van der Waals surface area contributed by atoms with Gasteiger partial charge in [-0.05, 0) is 50.2 Å². The number of amides is 1. The number of hydrogen-bond acceptors (Lipinski definition) is 5. The van der Waals surface area contributed by atoms with Crippen LogP contribution in [0.5, 0.6) is 0 Å². The lowest BCUT2D eigenvalue weighted by Crippen LogP contribution is -2.31. The summed E-state index contributed by atoms with van der Waals surface area (Å²) in [4.78, 5) is 18.3. The van der Waals surface area contributed by atoms with Gasteiger partial charge in [-0.2, -0.15) is 0 Å². The van der Waals surface area contributed by atoms with Crippen molar-refractivity contribution in [3.63, 3.8) is 0 Å². The predicted octanol–water partition coefficient (Wildman–Crippen LogP) is 3.78. The van der Waals surface area contributed by atoms with Crippen LogP contribution in [0.25, 0.3) is 5.57 Å². The third kappa shape index (κ3) is 4.89. The van der Waals surface area contributed by atoms with Gasteiger partial charge >= 0.3 is 0 Å². The van der Waals surface area contributed by atoms with Crippen molar-refractivity contribution in [1.82, 2.24) is 15.6 Å². The number of nitrogens with zero attached hydrogens (tertiary/aromatic N) is 1. The van der Waals surface area contributed by atoms with Crippen LogP contribution in [0.15, 0.2) is 42.0 Å². The molecular formula is C21H24ClN3O2S. The van der Waals surface area contributed by atoms with Crippen molar-refractivity contribution >= 4 is 34.4 Å². The average Bonchev–Trinajstić information content (AvgIpc) is 3.32. The number of allylic oxidation sites excluding steroid dienone is 3. The van der Waals surface area contributed by atoms with Crippen LogP contribution >= 0.6 is 22.9 Å². The summed E-state index contributed by atoms with van der Waals surface area (Å²) in [7, 11) is 1.88. The van der Waals surface area contributed by atoms with E-state index in [0.717, 1.165) is 45.3 Å². The van der Waals surface area contributed by atoms with E-state index < -0.39 is 0 Å². The maximum atomic E-state index is 12.9. The zero-order chi connectivity index (χ0) is 20.1. The van der Waals surface area contributed by atoms with E-state index in [0.29, 0.717) is 11.4 Å². The fourth-order valence-electron chi connectivity index (χ4n) is 3.09. The minimum absolute atomic E-state index is 0.0320. The number of aromatic nitrogens is 1. The van der Waals surface area contributed by atoms with E-state index in [-0.39, 0.29) is 18.6 Å². The second kappa shape index (κ2) is 9.47. The van der Waals surface area contributed by atoms with Crippen molar-refractivity contribution < 1.29 is 9.90 Å². The molecule has 1 atom stereocenters. The highest BCUT2D eigenvalue weighted by atomic mass is 35.5. The van der Waals surface area contributed by atoms with E-state index in [1.807, 2.05) is 50.4 Å². The maximum absolute atomic E-state index is 12.9. The first-order valence-electron chi connectivity index (χ1n) is 9.20. The summed E-state index contributed by atoms with van der Waals surface area (Å²) in [5.74, 6) is -0.0836. The SMILES string of the molecule is CNCCC(NC(=O)C1=CC=C(c2ccc(Cl)cc2)C1)c1nc(C)c(CO)s1. The molecule has 0 radical (unpaired) electrons. The van der Waals surface area contributed by atoms with Crippen LogP contribution in [0.1, 0.15) is 40.0 Å². The van der Waals surface area contributed by atoms with E-state index in [9.17, 15) is 9.90 Å². The van der Waals surface area contributed by atoms with Gasteiger partial charge in [0.15, 0.2) is 0 Å². The van der Waals surface area contributed by atoms with E-state index in [1.54, 1.807) is 0 Å². The highest BCUT2D eigenvalue weighted by Crippen LogP contribution is 2.30. The summed E-state index contributed by atoms with van der Waals surface area (Å²) < 4.78 is 0. The third-order valence-corrected chi connectivity index (χ3v) is 6.22. The van der Waals surface area contributed by atoms with Gasteiger partial charge in [0, 0.05) is 17.0 Å². The van der Waals surface area contributed by atoms with E-state index in [4.69, 9.17) is 11.6 Å². The maximum Gasteiger partial charge on any atom is 0.248 e. The summed E-state index contributed by atoms with van der Waals surface area (Å²) in [6.45, 7) is 2.60. The number of nitrogens with one attached hydrogen (secondary N) is 2. The molecule has 3 rings (SSSR count). The number of aliphatic hydroxyl groups excluding tert-OH is 1. The van der Waals surface area contributed by atoms with Crippen molar-refractivity contribution in [3.8, 4) is 0 Å². The Hall–Kier alpha value is -1.99. The summed E-state index contributed by atoms with van der Waals surface area (Å²) in [5, 5.41) is 17.2. The van der Waals surface area contributed by atoms with Crippen molar-refractivity contribution in [2.45, 2.75) is 32.4 Å². The van der Waals surface area contributed by atoms with Gasteiger partial charge in [-0.25, -0.2) is 4.98 Å². The lowest BCUT2D eigenvalue weighted by Gasteiger charge is -2.17. The van der Waals surface area contributed by atoms with Gasteiger partial charge in [0.25, 0.3) is 0 Å². The smallest absolute Gasteiger partial charge is 0.248 e. The summed E-state index contributed by atoms with van der Waals surface area (Å²) >= 11 is 7.41. The third-order valence-electron chi connectivity index (χ3n) is 4.71. The van der Waals surface area contributed by atoms with Crippen molar-refractivity contribution in [2.75, 3.05) is 13.6 Å². The second-order valence-corrected chi connectivity index (χ2v) is 8.26. The quantitative estimate of drug-likeness (QED) is 0.611. The molecule has 0 saturated carbocycles. The molecule has 1 amide bonds. The van der Waals surface area contributed by atoms with Crippen LogP contribution in [0.2, 0.25) is 5.02 Å². The minimum atomic E-state index is -0.190. The Labute approximate surface area is 174 Å². The zero-order valence-electron chi connectivity index (χ0n) is 16.0. The lowest BCUT2D eigenvalue weighted by atomic mass is 10.0. The van der Waals surface area contributed by atoms with Crippen LogP contribution in [0.4, 0.5) is 0 Å². The minimum Gasteiger partial charge on any atom is -0.391 e. The molecule has 0 fully saturated rings. The fraction of sp³-hybridized carbons (Fsp3) is 0.333. The Balaban J connectivity index is 1.67. The molecule has 1 unspecified atom stereocenters. The first-order valence-corrected chi connectivity index (χ1v) is 10.4. The number of carbonyl (C=O) groups is 1. The van der Waals surface area contributed by atoms with Gasteiger partial charge < -0.3 is 15.7 Å². The molecule has 3 N–H and O–H groups in total. The van der Waals surface area contributed by atoms with Gasteiger partial charge in [-0.3, -0.25) is 4.79 Å². The van der Waals surface area contributed by atoms with Crippen molar-refractivity contribution in [2.24, 2.45) is 0 Å². The first kappa shape index (κ1) is 20.7. The Morgan fingerprint density at radius 3 is 2.71 bits per heavy atom. The van der Waals surface area contributed by atoms with Crippen LogP contribution in [-0.4, -0.2) is 29.6 Å². The standard InChI is InChI=1S/C21H24ClN3O2S/c1-13-19(12-26)28-21(24-13)18(9-10-23-2)25-20(27)16-4-3-15(11-16)14-5-7-17(22)8-6-14/h3-8,18,23,26H,9-12H2,1-2H3,(H,25,27). The highest BCUT2D eigenvalue weighted by Gasteiger charge is 2.23. The molecule has 1 aliphatic rings. The Bertz CT molecular complexity index is 903. The monoisotopic (exact) mass is 417 g/mol. The van der Waals surface area contributed by atoms with Gasteiger partial charge in [-0.15, -0.1) is 11.3 Å². The molecule has 148 valence electrons. The molecule has 1 aromatic carbocycles. The largest absolute Gasteiger partial charge is 0.391 e. The van der Waals surface area contributed by atoms with E-state index >= 15 is 0 Å². The number of halogens is 1. The van der Waals surface area contributed by atoms with E-state index in [1.165, 1.54) is 11.3 Å². The number of aryl methyl sites for hydroxylation is 1. The molecule has 1 aromatic heterocycles. The summed E-state index contributed by atoms with van der Waals surface area (Å²) in [5.41, 5.74) is 3.72. The number of rotatable bonds is 8. The molecule has 5 nitrogen and oxygen atoms in total. The number of thiazole rings is 1. The number of aliphatic hydroxyl groups is 1. The molecule has 0 saturated heterocycles. The molecule has 0 aliphatic heterocycles. The molecule has 0 spiro atoms. The molecule has 0 bridgehead atoms. The first-order chi connectivity index (χ1) is 13.5. The molecule has 1 heterocycles. The zero-order valence-corrected chi connectivity index (χ0v) is 17.5. The molecule has 2 aromatic rings. The molecule has 28 heavy (non-hydrogen) atoms. The van der Waals surface area contributed by atoms with Gasteiger partial charge in [0.05, 0.1) is 23.2 Å². The predicted molar refractivity (Wildman–Crippen MR) is 114 cm³/mol. The topological polar surface area (TPSA) is 74.2 Å². The van der Waals surface area contributed by atoms with Crippen LogP contribution in [0, 0.1) is 6.92 Å².